The van der Waals surface area contributed by atoms with Gasteiger partial charge in [0, 0.05) is 23.1 Å². The maximum atomic E-state index is 14.1. The number of ether oxygens (including phenoxy) is 1. The van der Waals surface area contributed by atoms with Gasteiger partial charge in [-0.3, -0.25) is 9.69 Å². The highest BCUT2D eigenvalue weighted by atomic mass is 79.9. The summed E-state index contributed by atoms with van der Waals surface area (Å²) in [6.45, 7) is 0.971. The highest BCUT2D eigenvalue weighted by molar-refractivity contribution is 9.10. The molecule has 1 heterocycles. The van der Waals surface area contributed by atoms with Gasteiger partial charge in [0.1, 0.15) is 11.9 Å². The average Bonchev–Trinajstić information content (AvgIpc) is 2.56. The predicted octanol–water partition coefficient (Wildman–Crippen LogP) is 3.69. The topological polar surface area (TPSA) is 29.5 Å². The second-order valence-electron chi connectivity index (χ2n) is 5.65. The smallest absolute Gasteiger partial charge is 0.323 e. The molecule has 0 saturated carbocycles. The molecule has 1 aliphatic heterocycles. The molecule has 3 nitrogen and oxygen atoms in total. The molecule has 23 heavy (non-hydrogen) atoms. The van der Waals surface area contributed by atoms with Gasteiger partial charge in [0.2, 0.25) is 0 Å². The van der Waals surface area contributed by atoms with Gasteiger partial charge in [-0.1, -0.05) is 46.3 Å². The molecule has 0 aliphatic carbocycles. The summed E-state index contributed by atoms with van der Waals surface area (Å²) in [6.07, 6.45) is 0.584. The normalized spacial score (nSPS) is 17.6. The Morgan fingerprint density at radius 1 is 1.30 bits per heavy atom. The second-order valence-corrected chi connectivity index (χ2v) is 6.57. The standard InChI is InChI=1S/C18H17BrFNO2/c1-23-18(22)17-8-12-4-2-3-5-13(12)10-21(17)11-14-6-7-15(19)9-16(14)20/h2-7,9,17H,8,10-11H2,1H3. The fraction of sp³-hybridized carbons (Fsp3) is 0.278. The van der Waals surface area contributed by atoms with Gasteiger partial charge in [-0.05, 0) is 29.7 Å². The summed E-state index contributed by atoms with van der Waals surface area (Å²) in [7, 11) is 1.39. The number of carbonyl (C=O) groups excluding carboxylic acids is 1. The van der Waals surface area contributed by atoms with Crippen molar-refractivity contribution in [1.82, 2.24) is 4.90 Å². The van der Waals surface area contributed by atoms with E-state index < -0.39 is 6.04 Å². The Labute approximate surface area is 143 Å². The lowest BCUT2D eigenvalue weighted by molar-refractivity contribution is -0.148. The number of hydrogen-bond donors (Lipinski definition) is 0. The van der Waals surface area contributed by atoms with E-state index in [4.69, 9.17) is 4.74 Å². The first-order valence-electron chi connectivity index (χ1n) is 7.41. The van der Waals surface area contributed by atoms with E-state index in [9.17, 15) is 9.18 Å². The van der Waals surface area contributed by atoms with Crippen LogP contribution in [0.15, 0.2) is 46.9 Å². The summed E-state index contributed by atoms with van der Waals surface area (Å²) < 4.78 is 19.8. The van der Waals surface area contributed by atoms with Crippen LogP contribution in [0.25, 0.3) is 0 Å². The number of rotatable bonds is 3. The number of halogens is 2. The molecule has 1 unspecified atom stereocenters. The first-order valence-corrected chi connectivity index (χ1v) is 8.20. The van der Waals surface area contributed by atoms with Crippen LogP contribution in [-0.4, -0.2) is 24.0 Å². The van der Waals surface area contributed by atoms with Crippen molar-refractivity contribution in [3.05, 3.63) is 69.4 Å². The molecule has 1 aliphatic rings. The first-order chi connectivity index (χ1) is 11.1. The third-order valence-corrected chi connectivity index (χ3v) is 4.70. The van der Waals surface area contributed by atoms with Crippen molar-refractivity contribution in [2.24, 2.45) is 0 Å². The lowest BCUT2D eigenvalue weighted by atomic mass is 9.93. The van der Waals surface area contributed by atoms with Crippen LogP contribution in [0.5, 0.6) is 0 Å². The predicted molar refractivity (Wildman–Crippen MR) is 89.3 cm³/mol. The lowest BCUT2D eigenvalue weighted by Gasteiger charge is -2.35. The van der Waals surface area contributed by atoms with Crippen molar-refractivity contribution in [3.8, 4) is 0 Å². The van der Waals surface area contributed by atoms with Gasteiger partial charge >= 0.3 is 5.97 Å². The molecule has 0 radical (unpaired) electrons. The number of benzene rings is 2. The van der Waals surface area contributed by atoms with Gasteiger partial charge in [-0.25, -0.2) is 4.39 Å². The third-order valence-electron chi connectivity index (χ3n) is 4.21. The van der Waals surface area contributed by atoms with Crippen LogP contribution in [0.2, 0.25) is 0 Å². The molecular weight excluding hydrogens is 361 g/mol. The van der Waals surface area contributed by atoms with Gasteiger partial charge < -0.3 is 4.74 Å². The molecule has 5 heteroatoms. The van der Waals surface area contributed by atoms with Crippen molar-refractivity contribution in [2.75, 3.05) is 7.11 Å². The van der Waals surface area contributed by atoms with Crippen molar-refractivity contribution in [2.45, 2.75) is 25.6 Å². The van der Waals surface area contributed by atoms with Crippen LogP contribution in [-0.2, 0) is 29.0 Å². The number of fused-ring (bicyclic) bond motifs is 1. The van der Waals surface area contributed by atoms with E-state index in [1.54, 1.807) is 6.07 Å². The number of methoxy groups -OCH3 is 1. The molecule has 2 aromatic carbocycles. The maximum Gasteiger partial charge on any atom is 0.323 e. The third kappa shape index (κ3) is 3.46. The average molecular weight is 378 g/mol. The fourth-order valence-electron chi connectivity index (χ4n) is 2.98. The van der Waals surface area contributed by atoms with Crippen LogP contribution in [0, 0.1) is 5.82 Å². The van der Waals surface area contributed by atoms with Crippen LogP contribution < -0.4 is 0 Å². The monoisotopic (exact) mass is 377 g/mol. The Kier molecular flexibility index (Phi) is 4.78. The molecule has 0 spiro atoms. The molecule has 0 aromatic heterocycles. The molecule has 120 valence electrons. The zero-order chi connectivity index (χ0) is 16.4. The summed E-state index contributed by atoms with van der Waals surface area (Å²) in [5, 5.41) is 0. The van der Waals surface area contributed by atoms with Gasteiger partial charge in [-0.15, -0.1) is 0 Å². The lowest BCUT2D eigenvalue weighted by Crippen LogP contribution is -2.45. The van der Waals surface area contributed by atoms with Crippen LogP contribution in [0.3, 0.4) is 0 Å². The molecule has 0 amide bonds. The number of nitrogens with zero attached hydrogens (tertiary/aromatic N) is 1. The minimum absolute atomic E-state index is 0.276. The van der Waals surface area contributed by atoms with Crippen molar-refractivity contribution >= 4 is 21.9 Å². The molecule has 1 atom stereocenters. The second kappa shape index (κ2) is 6.81. The van der Waals surface area contributed by atoms with E-state index in [-0.39, 0.29) is 11.8 Å². The van der Waals surface area contributed by atoms with Gasteiger partial charge in [0.05, 0.1) is 7.11 Å². The van der Waals surface area contributed by atoms with E-state index in [0.717, 1.165) is 5.56 Å². The molecule has 2 aromatic rings. The summed E-state index contributed by atoms with van der Waals surface area (Å²) in [6, 6.07) is 12.6. The Morgan fingerprint density at radius 2 is 2.04 bits per heavy atom. The van der Waals surface area contributed by atoms with Crippen molar-refractivity contribution in [3.63, 3.8) is 0 Å². The Morgan fingerprint density at radius 3 is 2.74 bits per heavy atom. The number of hydrogen-bond acceptors (Lipinski definition) is 3. The van der Waals surface area contributed by atoms with Crippen molar-refractivity contribution in [1.29, 1.82) is 0 Å². The van der Waals surface area contributed by atoms with E-state index in [2.05, 4.69) is 15.9 Å². The summed E-state index contributed by atoms with van der Waals surface area (Å²) in [5.41, 5.74) is 2.89. The maximum absolute atomic E-state index is 14.1. The number of esters is 1. The van der Waals surface area contributed by atoms with E-state index >= 15 is 0 Å². The largest absolute Gasteiger partial charge is 0.468 e. The fourth-order valence-corrected chi connectivity index (χ4v) is 3.31. The minimum atomic E-state index is -0.391. The SMILES string of the molecule is COC(=O)C1Cc2ccccc2CN1Cc1ccc(Br)cc1F. The zero-order valence-corrected chi connectivity index (χ0v) is 14.3. The molecule has 0 bridgehead atoms. The Bertz CT molecular complexity index is 735. The molecule has 0 fully saturated rings. The van der Waals surface area contributed by atoms with Gasteiger partial charge in [0.25, 0.3) is 0 Å². The minimum Gasteiger partial charge on any atom is -0.468 e. The Balaban J connectivity index is 1.90. The van der Waals surface area contributed by atoms with E-state index in [1.807, 2.05) is 35.2 Å². The van der Waals surface area contributed by atoms with E-state index in [0.29, 0.717) is 29.5 Å². The van der Waals surface area contributed by atoms with Gasteiger partial charge in [-0.2, -0.15) is 0 Å². The molecule has 3 rings (SSSR count). The zero-order valence-electron chi connectivity index (χ0n) is 12.8. The summed E-state index contributed by atoms with van der Waals surface area (Å²) in [5.74, 6) is -0.557. The van der Waals surface area contributed by atoms with Crippen LogP contribution >= 0.6 is 15.9 Å². The van der Waals surface area contributed by atoms with Crippen LogP contribution in [0.1, 0.15) is 16.7 Å². The van der Waals surface area contributed by atoms with Gasteiger partial charge in [0.15, 0.2) is 0 Å². The summed E-state index contributed by atoms with van der Waals surface area (Å²) in [4.78, 5) is 14.1. The highest BCUT2D eigenvalue weighted by Gasteiger charge is 2.32. The van der Waals surface area contributed by atoms with Crippen LogP contribution in [0.4, 0.5) is 4.39 Å². The number of carbonyl (C=O) groups is 1. The molecule has 0 saturated heterocycles. The highest BCUT2D eigenvalue weighted by Crippen LogP contribution is 2.26. The van der Waals surface area contributed by atoms with E-state index in [1.165, 1.54) is 18.7 Å². The first kappa shape index (κ1) is 16.1. The quantitative estimate of drug-likeness (QED) is 0.764. The van der Waals surface area contributed by atoms with Crippen molar-refractivity contribution < 1.29 is 13.9 Å². The summed E-state index contributed by atoms with van der Waals surface area (Å²) >= 11 is 3.26. The molecular formula is C18H17BrFNO2. The Hall–Kier alpha value is -1.72. The molecule has 0 N–H and O–H groups in total.